The van der Waals surface area contributed by atoms with Crippen molar-refractivity contribution in [3.63, 3.8) is 0 Å². The van der Waals surface area contributed by atoms with E-state index in [1.165, 1.54) is 0 Å². The zero-order valence-corrected chi connectivity index (χ0v) is 6.15. The summed E-state index contributed by atoms with van der Waals surface area (Å²) in [5.74, 6) is 0. The van der Waals surface area contributed by atoms with Crippen molar-refractivity contribution in [2.75, 3.05) is 0 Å². The van der Waals surface area contributed by atoms with Gasteiger partial charge in [0, 0.05) is 18.8 Å². The molecule has 0 aliphatic heterocycles. The van der Waals surface area contributed by atoms with Crippen LogP contribution in [0.25, 0.3) is 11.3 Å². The van der Waals surface area contributed by atoms with Gasteiger partial charge in [-0.3, -0.25) is 4.68 Å². The van der Waals surface area contributed by atoms with Crippen LogP contribution in [0.15, 0.2) is 24.9 Å². The molecule has 0 amide bonds. The molecule has 2 aromatic heterocycles. The highest BCUT2D eigenvalue weighted by molar-refractivity contribution is 5.55. The van der Waals surface area contributed by atoms with Gasteiger partial charge in [0.05, 0.1) is 24.4 Å². The molecular weight excluding hydrogens is 140 g/mol. The predicted octanol–water partition coefficient (Wildman–Crippen LogP) is 0.810. The van der Waals surface area contributed by atoms with Crippen molar-refractivity contribution in [2.45, 2.75) is 0 Å². The Morgan fingerprint density at radius 1 is 1.45 bits per heavy atom. The van der Waals surface area contributed by atoms with Crippen LogP contribution in [0.3, 0.4) is 0 Å². The van der Waals surface area contributed by atoms with Crippen LogP contribution in [0, 0.1) is 0 Å². The van der Waals surface area contributed by atoms with E-state index < -0.39 is 0 Å². The van der Waals surface area contributed by atoms with Gasteiger partial charge in [-0.25, -0.2) is 4.98 Å². The Morgan fingerprint density at radius 2 is 2.36 bits per heavy atom. The van der Waals surface area contributed by atoms with Crippen LogP contribution in [-0.2, 0) is 7.05 Å². The molecule has 0 unspecified atom stereocenters. The summed E-state index contributed by atoms with van der Waals surface area (Å²) in [6.07, 6.45) is 7.17. The Morgan fingerprint density at radius 3 is 2.91 bits per heavy atom. The molecule has 4 heteroatoms. The number of hydrogen-bond donors (Lipinski definition) is 1. The van der Waals surface area contributed by atoms with E-state index >= 15 is 0 Å². The first-order valence-corrected chi connectivity index (χ1v) is 3.33. The molecule has 0 saturated carbocycles. The molecule has 0 aliphatic carbocycles. The molecule has 0 radical (unpaired) electrons. The molecule has 0 atom stereocenters. The Labute approximate surface area is 63.9 Å². The smallest absolute Gasteiger partial charge is 0.0924 e. The number of rotatable bonds is 1. The van der Waals surface area contributed by atoms with Crippen LogP contribution in [0.2, 0.25) is 0 Å². The number of nitrogens with one attached hydrogen (secondary N) is 1. The number of nitrogens with zero attached hydrogens (tertiary/aromatic N) is 3. The maximum atomic E-state index is 4.04. The highest BCUT2D eigenvalue weighted by Crippen LogP contribution is 2.12. The summed E-state index contributed by atoms with van der Waals surface area (Å²) in [6.45, 7) is 0. The van der Waals surface area contributed by atoms with E-state index in [9.17, 15) is 0 Å². The minimum absolute atomic E-state index is 0.998. The van der Waals surface area contributed by atoms with Crippen molar-refractivity contribution in [2.24, 2.45) is 7.05 Å². The third kappa shape index (κ3) is 1.02. The molecule has 0 saturated heterocycles. The predicted molar refractivity (Wildman–Crippen MR) is 40.8 cm³/mol. The quantitative estimate of drug-likeness (QED) is 0.650. The van der Waals surface area contributed by atoms with Gasteiger partial charge in [0.2, 0.25) is 0 Å². The number of aryl methyl sites for hydroxylation is 1. The molecule has 0 spiro atoms. The van der Waals surface area contributed by atoms with Crippen LogP contribution in [0.4, 0.5) is 0 Å². The summed E-state index contributed by atoms with van der Waals surface area (Å²) < 4.78 is 1.76. The summed E-state index contributed by atoms with van der Waals surface area (Å²) in [6, 6.07) is 0. The molecule has 0 bridgehead atoms. The minimum atomic E-state index is 0.998. The van der Waals surface area contributed by atoms with Gasteiger partial charge in [-0.05, 0) is 0 Å². The maximum Gasteiger partial charge on any atom is 0.0924 e. The van der Waals surface area contributed by atoms with E-state index in [1.54, 1.807) is 23.4 Å². The van der Waals surface area contributed by atoms with Crippen molar-refractivity contribution >= 4 is 0 Å². The number of aromatic amines is 1. The maximum absolute atomic E-state index is 4.04. The van der Waals surface area contributed by atoms with E-state index in [0.29, 0.717) is 0 Å². The van der Waals surface area contributed by atoms with Crippen LogP contribution >= 0.6 is 0 Å². The SMILES string of the molecule is Cn1cc(-c2cnc[nH]2)cn1. The van der Waals surface area contributed by atoms with Crippen molar-refractivity contribution in [1.82, 2.24) is 19.7 Å². The van der Waals surface area contributed by atoms with Crippen molar-refractivity contribution in [3.05, 3.63) is 24.9 Å². The van der Waals surface area contributed by atoms with E-state index in [4.69, 9.17) is 0 Å². The minimum Gasteiger partial charge on any atom is -0.345 e. The Kier molecular flexibility index (Phi) is 1.25. The number of aromatic nitrogens is 4. The van der Waals surface area contributed by atoms with Crippen molar-refractivity contribution in [1.29, 1.82) is 0 Å². The highest BCUT2D eigenvalue weighted by atomic mass is 15.2. The average Bonchev–Trinajstić information content (AvgIpc) is 2.55. The number of hydrogen-bond acceptors (Lipinski definition) is 2. The lowest BCUT2D eigenvalue weighted by Gasteiger charge is -1.86. The standard InChI is InChI=1S/C7H8N4/c1-11-4-6(2-10-11)7-3-8-5-9-7/h2-5H,1H3,(H,8,9). The van der Waals surface area contributed by atoms with Crippen LogP contribution in [0.5, 0.6) is 0 Å². The van der Waals surface area contributed by atoms with Crippen LogP contribution < -0.4 is 0 Å². The van der Waals surface area contributed by atoms with E-state index in [1.807, 2.05) is 13.2 Å². The molecule has 2 aromatic rings. The summed E-state index contributed by atoms with van der Waals surface area (Å²) in [5.41, 5.74) is 2.06. The van der Waals surface area contributed by atoms with E-state index in [-0.39, 0.29) is 0 Å². The van der Waals surface area contributed by atoms with E-state index in [2.05, 4.69) is 15.1 Å². The second kappa shape index (κ2) is 2.23. The fourth-order valence-electron chi connectivity index (χ4n) is 0.974. The van der Waals surface area contributed by atoms with Crippen LogP contribution in [0.1, 0.15) is 0 Å². The zero-order valence-electron chi connectivity index (χ0n) is 6.15. The van der Waals surface area contributed by atoms with Gasteiger partial charge in [0.1, 0.15) is 0 Å². The van der Waals surface area contributed by atoms with Crippen molar-refractivity contribution < 1.29 is 0 Å². The normalized spacial score (nSPS) is 10.3. The summed E-state index contributed by atoms with van der Waals surface area (Å²) >= 11 is 0. The first-order chi connectivity index (χ1) is 5.36. The molecule has 1 N–H and O–H groups in total. The first kappa shape index (κ1) is 6.15. The Hall–Kier alpha value is -1.58. The summed E-state index contributed by atoms with van der Waals surface area (Å²) in [7, 11) is 1.89. The van der Waals surface area contributed by atoms with Crippen molar-refractivity contribution in [3.8, 4) is 11.3 Å². The fraction of sp³-hybridized carbons (Fsp3) is 0.143. The highest BCUT2D eigenvalue weighted by Gasteiger charge is 1.98. The molecule has 2 heterocycles. The molecule has 0 fully saturated rings. The lowest BCUT2D eigenvalue weighted by molar-refractivity contribution is 0.768. The zero-order chi connectivity index (χ0) is 7.68. The summed E-state index contributed by atoms with van der Waals surface area (Å²) in [5, 5.41) is 4.04. The van der Waals surface area contributed by atoms with Crippen LogP contribution in [-0.4, -0.2) is 19.7 Å². The molecule has 4 nitrogen and oxygen atoms in total. The van der Waals surface area contributed by atoms with Gasteiger partial charge in [-0.1, -0.05) is 0 Å². The van der Waals surface area contributed by atoms with Gasteiger partial charge in [-0.15, -0.1) is 0 Å². The first-order valence-electron chi connectivity index (χ1n) is 3.33. The third-order valence-corrected chi connectivity index (χ3v) is 1.51. The lowest BCUT2D eigenvalue weighted by Crippen LogP contribution is -1.84. The van der Waals surface area contributed by atoms with Gasteiger partial charge in [0.15, 0.2) is 0 Å². The molecule has 56 valence electrons. The van der Waals surface area contributed by atoms with Gasteiger partial charge < -0.3 is 4.98 Å². The fourth-order valence-corrected chi connectivity index (χ4v) is 0.974. The largest absolute Gasteiger partial charge is 0.345 e. The Bertz CT molecular complexity index is 333. The molecular formula is C7H8N4. The van der Waals surface area contributed by atoms with Gasteiger partial charge in [-0.2, -0.15) is 5.10 Å². The number of imidazole rings is 1. The van der Waals surface area contributed by atoms with E-state index in [0.717, 1.165) is 11.3 Å². The molecule has 2 rings (SSSR count). The monoisotopic (exact) mass is 148 g/mol. The summed E-state index contributed by atoms with van der Waals surface area (Å²) in [4.78, 5) is 6.92. The van der Waals surface area contributed by atoms with Gasteiger partial charge in [0.25, 0.3) is 0 Å². The third-order valence-electron chi connectivity index (χ3n) is 1.51. The molecule has 0 aliphatic rings. The molecule has 11 heavy (non-hydrogen) atoms. The topological polar surface area (TPSA) is 46.5 Å². The second-order valence-electron chi connectivity index (χ2n) is 2.37. The average molecular weight is 148 g/mol. The lowest BCUT2D eigenvalue weighted by atomic mass is 10.3. The molecule has 0 aromatic carbocycles. The number of H-pyrrole nitrogens is 1. The van der Waals surface area contributed by atoms with Gasteiger partial charge >= 0.3 is 0 Å². The Balaban J connectivity index is 2.45. The second-order valence-corrected chi connectivity index (χ2v) is 2.37.